The van der Waals surface area contributed by atoms with Crippen LogP contribution in [0.15, 0.2) is 54.6 Å². The van der Waals surface area contributed by atoms with E-state index in [2.05, 4.69) is 68.4 Å². The van der Waals surface area contributed by atoms with E-state index in [-0.39, 0.29) is 0 Å². The highest BCUT2D eigenvalue weighted by Crippen LogP contribution is 2.37. The summed E-state index contributed by atoms with van der Waals surface area (Å²) in [5.41, 5.74) is 1.42. The van der Waals surface area contributed by atoms with Crippen LogP contribution in [-0.4, -0.2) is 0 Å². The van der Waals surface area contributed by atoms with E-state index in [1.165, 1.54) is 36.5 Å². The number of rotatable bonds is 1. The van der Waals surface area contributed by atoms with E-state index < -0.39 is 0 Å². The third kappa shape index (κ3) is 1.74. The zero-order valence-electron chi connectivity index (χ0n) is 11.7. The zero-order chi connectivity index (χ0) is 13.7. The highest BCUT2D eigenvalue weighted by molar-refractivity contribution is 7.25. The van der Waals surface area contributed by atoms with Crippen molar-refractivity contribution in [3.63, 3.8) is 0 Å². The molecule has 1 heteroatoms. The maximum absolute atomic E-state index is 2.36. The first-order valence-corrected chi connectivity index (χ1v) is 7.89. The molecule has 0 aliphatic rings. The van der Waals surface area contributed by atoms with Gasteiger partial charge in [-0.15, -0.1) is 11.3 Å². The minimum atomic E-state index is 0.587. The van der Waals surface area contributed by atoms with E-state index in [0.717, 1.165) is 0 Å². The Balaban J connectivity index is 2.10. The summed E-state index contributed by atoms with van der Waals surface area (Å²) in [6, 6.07) is 20.2. The lowest BCUT2D eigenvalue weighted by molar-refractivity contribution is 0.869. The zero-order valence-corrected chi connectivity index (χ0v) is 12.5. The molecule has 1 aromatic heterocycles. The predicted octanol–water partition coefficient (Wildman–Crippen LogP) is 6.33. The first kappa shape index (κ1) is 11.9. The highest BCUT2D eigenvalue weighted by atomic mass is 32.1. The molecule has 0 fully saturated rings. The molecule has 0 spiro atoms. The SMILES string of the molecule is CC(C)c1ccc2c(c1)sc1cc3ccccc3cc12. The second-order valence-corrected chi connectivity index (χ2v) is 6.79. The predicted molar refractivity (Wildman–Crippen MR) is 90.9 cm³/mol. The normalized spacial score (nSPS) is 11.9. The van der Waals surface area contributed by atoms with Gasteiger partial charge in [0, 0.05) is 20.2 Å². The molecular weight excluding hydrogens is 260 g/mol. The van der Waals surface area contributed by atoms with Crippen LogP contribution in [0.5, 0.6) is 0 Å². The lowest BCUT2D eigenvalue weighted by atomic mass is 10.0. The van der Waals surface area contributed by atoms with Gasteiger partial charge >= 0.3 is 0 Å². The quantitative estimate of drug-likeness (QED) is 0.381. The second-order valence-electron chi connectivity index (χ2n) is 5.71. The second kappa shape index (κ2) is 4.32. The summed E-state index contributed by atoms with van der Waals surface area (Å²) in [6.45, 7) is 4.51. The van der Waals surface area contributed by atoms with Crippen molar-refractivity contribution in [2.45, 2.75) is 19.8 Å². The lowest BCUT2D eigenvalue weighted by Crippen LogP contribution is -1.84. The van der Waals surface area contributed by atoms with Crippen molar-refractivity contribution in [2.75, 3.05) is 0 Å². The average molecular weight is 276 g/mol. The first-order valence-electron chi connectivity index (χ1n) is 7.07. The summed E-state index contributed by atoms with van der Waals surface area (Å²) in [5.74, 6) is 0.587. The van der Waals surface area contributed by atoms with Crippen molar-refractivity contribution >= 4 is 42.3 Å². The number of fused-ring (bicyclic) bond motifs is 4. The van der Waals surface area contributed by atoms with Gasteiger partial charge in [0.25, 0.3) is 0 Å². The first-order chi connectivity index (χ1) is 9.72. The van der Waals surface area contributed by atoms with Gasteiger partial charge in [-0.25, -0.2) is 0 Å². The number of thiophene rings is 1. The van der Waals surface area contributed by atoms with E-state index >= 15 is 0 Å². The van der Waals surface area contributed by atoms with Gasteiger partial charge in [0.1, 0.15) is 0 Å². The monoisotopic (exact) mass is 276 g/mol. The Kier molecular flexibility index (Phi) is 2.58. The van der Waals surface area contributed by atoms with E-state index in [4.69, 9.17) is 0 Å². The fraction of sp³-hybridized carbons (Fsp3) is 0.158. The van der Waals surface area contributed by atoms with Gasteiger partial charge in [0.05, 0.1) is 0 Å². The third-order valence-corrected chi connectivity index (χ3v) is 5.15. The molecule has 0 N–H and O–H groups in total. The molecule has 0 atom stereocenters. The van der Waals surface area contributed by atoms with Crippen LogP contribution in [-0.2, 0) is 0 Å². The van der Waals surface area contributed by atoms with Crippen molar-refractivity contribution < 1.29 is 0 Å². The Bertz CT molecular complexity index is 928. The van der Waals surface area contributed by atoms with Crippen LogP contribution in [0.25, 0.3) is 30.9 Å². The largest absolute Gasteiger partial charge is 0.135 e. The molecule has 0 saturated heterocycles. The molecule has 0 unspecified atom stereocenters. The maximum Gasteiger partial charge on any atom is 0.0361 e. The number of hydrogen-bond donors (Lipinski definition) is 0. The Morgan fingerprint density at radius 2 is 1.45 bits per heavy atom. The maximum atomic E-state index is 2.36. The molecule has 4 rings (SSSR count). The molecule has 0 amide bonds. The molecule has 0 saturated carbocycles. The summed E-state index contributed by atoms with van der Waals surface area (Å²) in [5, 5.41) is 5.43. The summed E-state index contributed by atoms with van der Waals surface area (Å²) in [6.07, 6.45) is 0. The van der Waals surface area contributed by atoms with E-state index in [1.807, 2.05) is 11.3 Å². The van der Waals surface area contributed by atoms with Crippen LogP contribution in [0.4, 0.5) is 0 Å². The van der Waals surface area contributed by atoms with Crippen molar-refractivity contribution in [1.82, 2.24) is 0 Å². The van der Waals surface area contributed by atoms with Crippen LogP contribution in [0.1, 0.15) is 25.3 Å². The van der Waals surface area contributed by atoms with Crippen LogP contribution < -0.4 is 0 Å². The molecular formula is C19H16S. The Morgan fingerprint density at radius 1 is 0.750 bits per heavy atom. The highest BCUT2D eigenvalue weighted by Gasteiger charge is 2.08. The molecule has 98 valence electrons. The Morgan fingerprint density at radius 3 is 2.20 bits per heavy atom. The molecule has 0 bridgehead atoms. The third-order valence-electron chi connectivity index (χ3n) is 4.03. The molecule has 3 aromatic carbocycles. The molecule has 1 heterocycles. The van der Waals surface area contributed by atoms with Gasteiger partial charge in [-0.05, 0) is 40.5 Å². The minimum Gasteiger partial charge on any atom is -0.135 e. The smallest absolute Gasteiger partial charge is 0.0361 e. The molecule has 4 aromatic rings. The van der Waals surface area contributed by atoms with Crippen molar-refractivity contribution in [2.24, 2.45) is 0 Å². The van der Waals surface area contributed by atoms with Gasteiger partial charge in [-0.1, -0.05) is 50.2 Å². The van der Waals surface area contributed by atoms with Crippen LogP contribution in [0.3, 0.4) is 0 Å². The molecule has 0 aliphatic carbocycles. The summed E-state index contributed by atoms with van der Waals surface area (Å²) >= 11 is 1.91. The van der Waals surface area contributed by atoms with Gasteiger partial charge in [0.15, 0.2) is 0 Å². The summed E-state index contributed by atoms with van der Waals surface area (Å²) in [7, 11) is 0. The summed E-state index contributed by atoms with van der Waals surface area (Å²) < 4.78 is 2.79. The molecule has 0 nitrogen and oxygen atoms in total. The fourth-order valence-electron chi connectivity index (χ4n) is 2.84. The number of benzene rings is 3. The van der Waals surface area contributed by atoms with Crippen molar-refractivity contribution in [3.05, 3.63) is 60.2 Å². The summed E-state index contributed by atoms with van der Waals surface area (Å²) in [4.78, 5) is 0. The molecule has 0 aliphatic heterocycles. The van der Waals surface area contributed by atoms with E-state index in [9.17, 15) is 0 Å². The van der Waals surface area contributed by atoms with Crippen LogP contribution >= 0.6 is 11.3 Å². The van der Waals surface area contributed by atoms with Crippen molar-refractivity contribution in [1.29, 1.82) is 0 Å². The van der Waals surface area contributed by atoms with Gasteiger partial charge in [0.2, 0.25) is 0 Å². The van der Waals surface area contributed by atoms with Crippen molar-refractivity contribution in [3.8, 4) is 0 Å². The fourth-order valence-corrected chi connectivity index (χ4v) is 4.02. The minimum absolute atomic E-state index is 0.587. The van der Waals surface area contributed by atoms with Gasteiger partial charge < -0.3 is 0 Å². The average Bonchev–Trinajstić information content (AvgIpc) is 2.81. The van der Waals surface area contributed by atoms with Gasteiger partial charge in [-0.3, -0.25) is 0 Å². The molecule has 20 heavy (non-hydrogen) atoms. The van der Waals surface area contributed by atoms with E-state index in [0.29, 0.717) is 5.92 Å². The van der Waals surface area contributed by atoms with E-state index in [1.54, 1.807) is 0 Å². The topological polar surface area (TPSA) is 0 Å². The standard InChI is InChI=1S/C19H16S/c1-12(2)13-7-8-16-17-9-14-5-3-4-6-15(14)11-19(17)20-18(16)10-13/h3-12H,1-2H3. The Labute approximate surface area is 122 Å². The van der Waals surface area contributed by atoms with Gasteiger partial charge in [-0.2, -0.15) is 0 Å². The van der Waals surface area contributed by atoms with Crippen LogP contribution in [0.2, 0.25) is 0 Å². The lowest BCUT2D eigenvalue weighted by Gasteiger charge is -2.04. The molecule has 0 radical (unpaired) electrons. The Hall–Kier alpha value is -1.86. The number of hydrogen-bond acceptors (Lipinski definition) is 1. The van der Waals surface area contributed by atoms with Crippen LogP contribution in [0, 0.1) is 0 Å².